The second kappa shape index (κ2) is 5.95. The molecule has 1 aromatic heterocycles. The minimum atomic E-state index is 0.0390. The smallest absolute Gasteiger partial charge is 0.160 e. The number of fused-ring (bicyclic) bond motifs is 1. The number of Topliss-reactive ketones (excluding diaryl/α,β-unsaturated/α-hetero) is 1. The first-order valence-electron chi connectivity index (χ1n) is 6.33. The minimum Gasteiger partial charge on any atom is -0.294 e. The summed E-state index contributed by atoms with van der Waals surface area (Å²) in [5.41, 5.74) is 1.59. The molecule has 0 aliphatic heterocycles. The summed E-state index contributed by atoms with van der Waals surface area (Å²) in [6.45, 7) is 1.57. The summed E-state index contributed by atoms with van der Waals surface area (Å²) in [6.07, 6.45) is 1.55. The molecule has 0 aliphatic rings. The summed E-state index contributed by atoms with van der Waals surface area (Å²) < 4.78 is 0.893. The standard InChI is InChI=1S/C16H11BrN2OS/c1-10(20)13-8-11(17)6-7-15(13)21-16-12-4-2-3-5-14(12)18-9-19-16/h2-9H,1H3. The number of carbonyl (C=O) groups excluding carboxylic acids is 1. The predicted molar refractivity (Wildman–Crippen MR) is 87.8 cm³/mol. The van der Waals surface area contributed by atoms with E-state index in [4.69, 9.17) is 0 Å². The van der Waals surface area contributed by atoms with Gasteiger partial charge in [-0.3, -0.25) is 4.79 Å². The highest BCUT2D eigenvalue weighted by Crippen LogP contribution is 2.34. The summed E-state index contributed by atoms with van der Waals surface area (Å²) in [4.78, 5) is 21.3. The van der Waals surface area contributed by atoms with E-state index in [9.17, 15) is 4.79 Å². The van der Waals surface area contributed by atoms with Crippen LogP contribution in [-0.4, -0.2) is 15.8 Å². The molecule has 0 amide bonds. The lowest BCUT2D eigenvalue weighted by Crippen LogP contribution is -1.96. The Morgan fingerprint density at radius 1 is 1.14 bits per heavy atom. The zero-order valence-corrected chi connectivity index (χ0v) is 13.6. The first kappa shape index (κ1) is 14.2. The fraction of sp³-hybridized carbons (Fsp3) is 0.0625. The third-order valence-corrected chi connectivity index (χ3v) is 4.62. The molecule has 0 fully saturated rings. The van der Waals surface area contributed by atoms with Gasteiger partial charge in [-0.2, -0.15) is 0 Å². The third-order valence-electron chi connectivity index (χ3n) is 3.03. The topological polar surface area (TPSA) is 42.9 Å². The van der Waals surface area contributed by atoms with Gasteiger partial charge in [-0.1, -0.05) is 45.9 Å². The van der Waals surface area contributed by atoms with Gasteiger partial charge in [0.1, 0.15) is 11.4 Å². The molecule has 0 saturated carbocycles. The maximum atomic E-state index is 11.8. The van der Waals surface area contributed by atoms with Gasteiger partial charge in [0, 0.05) is 20.3 Å². The molecule has 0 N–H and O–H groups in total. The van der Waals surface area contributed by atoms with Crippen molar-refractivity contribution in [2.75, 3.05) is 0 Å². The van der Waals surface area contributed by atoms with E-state index in [1.54, 1.807) is 13.3 Å². The summed E-state index contributed by atoms with van der Waals surface area (Å²) >= 11 is 4.89. The van der Waals surface area contributed by atoms with Crippen LogP contribution in [0.1, 0.15) is 17.3 Å². The number of rotatable bonds is 3. The average molecular weight is 359 g/mol. The molecule has 21 heavy (non-hydrogen) atoms. The summed E-state index contributed by atoms with van der Waals surface area (Å²) in [5, 5.41) is 1.84. The van der Waals surface area contributed by atoms with E-state index in [0.29, 0.717) is 5.56 Å². The Morgan fingerprint density at radius 3 is 2.76 bits per heavy atom. The van der Waals surface area contributed by atoms with Crippen molar-refractivity contribution in [3.63, 3.8) is 0 Å². The second-order valence-corrected chi connectivity index (χ2v) is 6.44. The van der Waals surface area contributed by atoms with Crippen molar-refractivity contribution in [3.8, 4) is 0 Å². The Hall–Kier alpha value is -1.72. The molecular formula is C16H11BrN2OS. The SMILES string of the molecule is CC(=O)c1cc(Br)ccc1Sc1ncnc2ccccc12. The molecule has 0 saturated heterocycles. The minimum absolute atomic E-state index is 0.0390. The maximum absolute atomic E-state index is 11.8. The monoisotopic (exact) mass is 358 g/mol. The fourth-order valence-electron chi connectivity index (χ4n) is 2.03. The number of para-hydroxylation sites is 1. The van der Waals surface area contributed by atoms with Gasteiger partial charge in [0.25, 0.3) is 0 Å². The number of aromatic nitrogens is 2. The number of hydrogen-bond acceptors (Lipinski definition) is 4. The van der Waals surface area contributed by atoms with Crippen LogP contribution in [0.3, 0.4) is 0 Å². The highest BCUT2D eigenvalue weighted by Gasteiger charge is 2.12. The van der Waals surface area contributed by atoms with Crippen molar-refractivity contribution >= 4 is 44.4 Å². The average Bonchev–Trinajstić information content (AvgIpc) is 2.49. The molecule has 104 valence electrons. The van der Waals surface area contributed by atoms with E-state index in [1.807, 2.05) is 42.5 Å². The highest BCUT2D eigenvalue weighted by molar-refractivity contribution is 9.10. The van der Waals surface area contributed by atoms with E-state index >= 15 is 0 Å². The fourth-order valence-corrected chi connectivity index (χ4v) is 3.43. The van der Waals surface area contributed by atoms with Crippen molar-refractivity contribution in [1.29, 1.82) is 0 Å². The number of nitrogens with zero attached hydrogens (tertiary/aromatic N) is 2. The van der Waals surface area contributed by atoms with Gasteiger partial charge >= 0.3 is 0 Å². The molecular weight excluding hydrogens is 348 g/mol. The van der Waals surface area contributed by atoms with Gasteiger partial charge in [-0.15, -0.1) is 0 Å². The van der Waals surface area contributed by atoms with Crippen molar-refractivity contribution in [2.24, 2.45) is 0 Å². The van der Waals surface area contributed by atoms with E-state index in [0.717, 1.165) is 25.3 Å². The van der Waals surface area contributed by atoms with Gasteiger partial charge in [-0.25, -0.2) is 9.97 Å². The Morgan fingerprint density at radius 2 is 1.95 bits per heavy atom. The molecule has 0 aliphatic carbocycles. The Balaban J connectivity index is 2.09. The normalized spacial score (nSPS) is 10.8. The Labute approximate surface area is 134 Å². The van der Waals surface area contributed by atoms with E-state index in [2.05, 4.69) is 25.9 Å². The number of hydrogen-bond donors (Lipinski definition) is 0. The number of benzene rings is 2. The van der Waals surface area contributed by atoms with Crippen LogP contribution in [-0.2, 0) is 0 Å². The van der Waals surface area contributed by atoms with Gasteiger partial charge in [0.15, 0.2) is 5.78 Å². The van der Waals surface area contributed by atoms with Crippen molar-refractivity contribution in [1.82, 2.24) is 9.97 Å². The maximum Gasteiger partial charge on any atom is 0.160 e. The summed E-state index contributed by atoms with van der Waals surface area (Å²) in [7, 11) is 0. The van der Waals surface area contributed by atoms with Gasteiger partial charge in [0.05, 0.1) is 5.52 Å². The molecule has 5 heteroatoms. The van der Waals surface area contributed by atoms with E-state index in [1.165, 1.54) is 11.8 Å². The first-order chi connectivity index (χ1) is 10.1. The number of halogens is 1. The van der Waals surface area contributed by atoms with Crippen LogP contribution in [0, 0.1) is 0 Å². The zero-order chi connectivity index (χ0) is 14.8. The van der Waals surface area contributed by atoms with Crippen molar-refractivity contribution in [3.05, 3.63) is 58.8 Å². The van der Waals surface area contributed by atoms with Crippen LogP contribution in [0.15, 0.2) is 63.2 Å². The molecule has 0 bridgehead atoms. The van der Waals surface area contributed by atoms with Gasteiger partial charge in [0.2, 0.25) is 0 Å². The molecule has 1 heterocycles. The number of carbonyl (C=O) groups is 1. The molecule has 2 aromatic carbocycles. The third kappa shape index (κ3) is 2.99. The Bertz CT molecular complexity index is 830. The van der Waals surface area contributed by atoms with Crippen LogP contribution in [0.5, 0.6) is 0 Å². The van der Waals surface area contributed by atoms with Crippen molar-refractivity contribution < 1.29 is 4.79 Å². The van der Waals surface area contributed by atoms with Gasteiger partial charge < -0.3 is 0 Å². The molecule has 3 rings (SSSR count). The Kier molecular flexibility index (Phi) is 4.03. The van der Waals surface area contributed by atoms with Crippen LogP contribution < -0.4 is 0 Å². The quantitative estimate of drug-likeness (QED) is 0.500. The van der Waals surface area contributed by atoms with E-state index < -0.39 is 0 Å². The van der Waals surface area contributed by atoms with Crippen LogP contribution in [0.25, 0.3) is 10.9 Å². The van der Waals surface area contributed by atoms with E-state index in [-0.39, 0.29) is 5.78 Å². The van der Waals surface area contributed by atoms with Crippen LogP contribution in [0.4, 0.5) is 0 Å². The molecule has 0 radical (unpaired) electrons. The molecule has 0 atom stereocenters. The van der Waals surface area contributed by atoms with Crippen molar-refractivity contribution in [2.45, 2.75) is 16.8 Å². The van der Waals surface area contributed by atoms with Gasteiger partial charge in [-0.05, 0) is 31.2 Å². The highest BCUT2D eigenvalue weighted by atomic mass is 79.9. The molecule has 0 unspecified atom stereocenters. The molecule has 3 aromatic rings. The lowest BCUT2D eigenvalue weighted by molar-refractivity contribution is 0.101. The molecule has 0 spiro atoms. The summed E-state index contributed by atoms with van der Waals surface area (Å²) in [6, 6.07) is 13.6. The zero-order valence-electron chi connectivity index (χ0n) is 11.2. The lowest BCUT2D eigenvalue weighted by Gasteiger charge is -2.08. The first-order valence-corrected chi connectivity index (χ1v) is 7.94. The second-order valence-electron chi connectivity index (χ2n) is 4.49. The van der Waals surface area contributed by atoms with Crippen LogP contribution in [0.2, 0.25) is 0 Å². The lowest BCUT2D eigenvalue weighted by atomic mass is 10.1. The van der Waals surface area contributed by atoms with Crippen LogP contribution >= 0.6 is 27.7 Å². The number of ketones is 1. The predicted octanol–water partition coefficient (Wildman–Crippen LogP) is 4.75. The largest absolute Gasteiger partial charge is 0.294 e. The molecule has 3 nitrogen and oxygen atoms in total. The summed E-state index contributed by atoms with van der Waals surface area (Å²) in [5.74, 6) is 0.0390.